The van der Waals surface area contributed by atoms with Gasteiger partial charge < -0.3 is 10.2 Å². The second kappa shape index (κ2) is 5.75. The molecule has 1 aromatic carbocycles. The third-order valence-corrected chi connectivity index (χ3v) is 1.38. The predicted molar refractivity (Wildman–Crippen MR) is 51.4 cm³/mol. The summed E-state index contributed by atoms with van der Waals surface area (Å²) in [5.41, 5.74) is 1.18. The highest BCUT2D eigenvalue weighted by molar-refractivity contribution is 5.89. The number of carboxylic acids is 2. The third-order valence-electron chi connectivity index (χ3n) is 1.38. The van der Waals surface area contributed by atoms with Gasteiger partial charge in [-0.1, -0.05) is 18.2 Å². The maximum Gasteiger partial charge on any atom is 0.335 e. The van der Waals surface area contributed by atoms with Gasteiger partial charge in [0.2, 0.25) is 0 Å². The zero-order valence-corrected chi connectivity index (χ0v) is 8.02. The molecule has 0 spiro atoms. The van der Waals surface area contributed by atoms with Crippen LogP contribution in [0.25, 0.3) is 0 Å². The lowest BCUT2D eigenvalue weighted by atomic mass is 10.1. The number of carbonyl (C=O) groups is 2. The zero-order chi connectivity index (χ0) is 11.1. The van der Waals surface area contributed by atoms with Crippen molar-refractivity contribution in [2.45, 2.75) is 13.8 Å². The van der Waals surface area contributed by atoms with E-state index >= 15 is 0 Å². The Balaban J connectivity index is 0.000000364. The van der Waals surface area contributed by atoms with Gasteiger partial charge >= 0.3 is 5.97 Å². The number of benzene rings is 1. The highest BCUT2D eigenvalue weighted by atomic mass is 16.4. The van der Waals surface area contributed by atoms with E-state index in [-0.39, 0.29) is 0 Å². The molecule has 4 nitrogen and oxygen atoms in total. The molecule has 0 radical (unpaired) electrons. The number of aromatic carboxylic acids is 1. The number of hydrogen-bond donors (Lipinski definition) is 2. The molecular formula is C10H12O4. The SMILES string of the molecule is CC(=O)O.Cc1ccccc1C(=O)O. The Morgan fingerprint density at radius 2 is 1.57 bits per heavy atom. The van der Waals surface area contributed by atoms with Crippen molar-refractivity contribution in [3.05, 3.63) is 35.4 Å². The molecule has 0 bridgehead atoms. The van der Waals surface area contributed by atoms with Crippen molar-refractivity contribution < 1.29 is 19.8 Å². The average Bonchev–Trinajstić information content (AvgIpc) is 2.03. The van der Waals surface area contributed by atoms with Crippen LogP contribution in [0, 0.1) is 6.92 Å². The lowest BCUT2D eigenvalue weighted by Gasteiger charge is -1.96. The predicted octanol–water partition coefficient (Wildman–Crippen LogP) is 1.78. The molecule has 0 fully saturated rings. The van der Waals surface area contributed by atoms with Crippen molar-refractivity contribution in [1.82, 2.24) is 0 Å². The summed E-state index contributed by atoms with van der Waals surface area (Å²) < 4.78 is 0. The minimum atomic E-state index is -0.863. The summed E-state index contributed by atoms with van der Waals surface area (Å²) >= 11 is 0. The molecule has 0 aliphatic rings. The fraction of sp³-hybridized carbons (Fsp3) is 0.200. The van der Waals surface area contributed by atoms with Crippen LogP contribution in [0.4, 0.5) is 0 Å². The van der Waals surface area contributed by atoms with Gasteiger partial charge in [-0.25, -0.2) is 4.79 Å². The molecule has 0 unspecified atom stereocenters. The average molecular weight is 196 g/mol. The lowest BCUT2D eigenvalue weighted by molar-refractivity contribution is -0.134. The van der Waals surface area contributed by atoms with Crippen molar-refractivity contribution >= 4 is 11.9 Å². The normalized spacial score (nSPS) is 8.43. The molecule has 1 rings (SSSR count). The van der Waals surface area contributed by atoms with Gasteiger partial charge in [0.25, 0.3) is 5.97 Å². The van der Waals surface area contributed by atoms with Crippen LogP contribution in [0.2, 0.25) is 0 Å². The standard InChI is InChI=1S/C8H8O2.C2H4O2/c1-6-4-2-3-5-7(6)8(9)10;1-2(3)4/h2-5H,1H3,(H,9,10);1H3,(H,3,4). The number of rotatable bonds is 1. The molecule has 4 heteroatoms. The largest absolute Gasteiger partial charge is 0.481 e. The number of aliphatic carboxylic acids is 1. The first-order chi connectivity index (χ1) is 6.45. The summed E-state index contributed by atoms with van der Waals surface area (Å²) in [7, 11) is 0. The molecule has 14 heavy (non-hydrogen) atoms. The molecule has 76 valence electrons. The van der Waals surface area contributed by atoms with E-state index in [1.54, 1.807) is 25.1 Å². The van der Waals surface area contributed by atoms with E-state index < -0.39 is 11.9 Å². The van der Waals surface area contributed by atoms with E-state index in [1.807, 2.05) is 6.07 Å². The Morgan fingerprint density at radius 1 is 1.14 bits per heavy atom. The van der Waals surface area contributed by atoms with Crippen LogP contribution in [0.15, 0.2) is 24.3 Å². The molecule has 0 amide bonds. The van der Waals surface area contributed by atoms with Crippen LogP contribution in [0.1, 0.15) is 22.8 Å². The smallest absolute Gasteiger partial charge is 0.335 e. The summed E-state index contributed by atoms with van der Waals surface area (Å²) in [6.45, 7) is 2.86. The molecule has 0 aliphatic heterocycles. The molecule has 0 heterocycles. The lowest BCUT2D eigenvalue weighted by Crippen LogP contribution is -1.97. The molecule has 0 aromatic heterocycles. The van der Waals surface area contributed by atoms with Gasteiger partial charge in [0.05, 0.1) is 5.56 Å². The Bertz CT molecular complexity index is 327. The highest BCUT2D eigenvalue weighted by Gasteiger charge is 2.02. The number of hydrogen-bond acceptors (Lipinski definition) is 2. The van der Waals surface area contributed by atoms with Crippen molar-refractivity contribution in [2.75, 3.05) is 0 Å². The summed E-state index contributed by atoms with van der Waals surface area (Å²) in [6.07, 6.45) is 0. The minimum Gasteiger partial charge on any atom is -0.481 e. The quantitative estimate of drug-likeness (QED) is 0.718. The number of carboxylic acid groups (broad SMARTS) is 2. The van der Waals surface area contributed by atoms with Crippen LogP contribution >= 0.6 is 0 Å². The molecule has 1 aromatic rings. The van der Waals surface area contributed by atoms with Crippen LogP contribution in [-0.4, -0.2) is 22.2 Å². The fourth-order valence-corrected chi connectivity index (χ4v) is 0.813. The van der Waals surface area contributed by atoms with Gasteiger partial charge in [-0.3, -0.25) is 4.79 Å². The van der Waals surface area contributed by atoms with E-state index in [9.17, 15) is 4.79 Å². The topological polar surface area (TPSA) is 74.6 Å². The second-order valence-corrected chi connectivity index (χ2v) is 2.64. The summed E-state index contributed by atoms with van der Waals surface area (Å²) in [5, 5.41) is 16.0. The van der Waals surface area contributed by atoms with Gasteiger partial charge in [-0.2, -0.15) is 0 Å². The van der Waals surface area contributed by atoms with E-state index in [2.05, 4.69) is 0 Å². The third kappa shape index (κ3) is 4.92. The molecule has 0 saturated carbocycles. The first-order valence-corrected chi connectivity index (χ1v) is 3.93. The second-order valence-electron chi connectivity index (χ2n) is 2.64. The van der Waals surface area contributed by atoms with Gasteiger partial charge in [-0.05, 0) is 18.6 Å². The molecule has 0 saturated heterocycles. The molecule has 0 aliphatic carbocycles. The zero-order valence-electron chi connectivity index (χ0n) is 8.02. The van der Waals surface area contributed by atoms with Crippen molar-refractivity contribution in [2.24, 2.45) is 0 Å². The monoisotopic (exact) mass is 196 g/mol. The summed E-state index contributed by atoms with van der Waals surface area (Å²) in [6, 6.07) is 6.92. The number of aryl methyl sites for hydroxylation is 1. The van der Waals surface area contributed by atoms with E-state index in [4.69, 9.17) is 15.0 Å². The summed E-state index contributed by atoms with van der Waals surface area (Å²) in [5.74, 6) is -1.70. The summed E-state index contributed by atoms with van der Waals surface area (Å²) in [4.78, 5) is 19.4. The molecule has 0 atom stereocenters. The van der Waals surface area contributed by atoms with Gasteiger partial charge in [0.1, 0.15) is 0 Å². The highest BCUT2D eigenvalue weighted by Crippen LogP contribution is 2.05. The van der Waals surface area contributed by atoms with Gasteiger partial charge in [0.15, 0.2) is 0 Å². The first kappa shape index (κ1) is 12.2. The van der Waals surface area contributed by atoms with Crippen molar-refractivity contribution in [3.63, 3.8) is 0 Å². The molecular weight excluding hydrogens is 184 g/mol. The Kier molecular flexibility index (Phi) is 4.99. The van der Waals surface area contributed by atoms with E-state index in [1.165, 1.54) is 0 Å². The minimum absolute atomic E-state index is 0.377. The van der Waals surface area contributed by atoms with Crippen LogP contribution < -0.4 is 0 Å². The van der Waals surface area contributed by atoms with E-state index in [0.29, 0.717) is 5.56 Å². The maximum absolute atomic E-state index is 10.4. The molecule has 2 N–H and O–H groups in total. The Labute approximate surface area is 81.8 Å². The Hall–Kier alpha value is -1.84. The fourth-order valence-electron chi connectivity index (χ4n) is 0.813. The van der Waals surface area contributed by atoms with Crippen molar-refractivity contribution in [3.8, 4) is 0 Å². The van der Waals surface area contributed by atoms with Gasteiger partial charge in [-0.15, -0.1) is 0 Å². The first-order valence-electron chi connectivity index (χ1n) is 3.93. The Morgan fingerprint density at radius 3 is 1.86 bits per heavy atom. The van der Waals surface area contributed by atoms with Crippen LogP contribution in [0.5, 0.6) is 0 Å². The van der Waals surface area contributed by atoms with E-state index in [0.717, 1.165) is 12.5 Å². The van der Waals surface area contributed by atoms with Crippen LogP contribution in [0.3, 0.4) is 0 Å². The maximum atomic E-state index is 10.4. The van der Waals surface area contributed by atoms with Gasteiger partial charge in [0, 0.05) is 6.92 Å². The van der Waals surface area contributed by atoms with Crippen molar-refractivity contribution in [1.29, 1.82) is 0 Å². The van der Waals surface area contributed by atoms with Crippen LogP contribution in [-0.2, 0) is 4.79 Å².